The zero-order valence-corrected chi connectivity index (χ0v) is 32.8. The third-order valence-electron chi connectivity index (χ3n) is 7.42. The Bertz CT molecular complexity index is 1920. The number of nitrogens with one attached hydrogen (secondary N) is 2. The van der Waals surface area contributed by atoms with Crippen molar-refractivity contribution in [2.75, 3.05) is 5.32 Å². The Morgan fingerprint density at radius 1 is 0.796 bits per heavy atom. The van der Waals surface area contributed by atoms with Crippen molar-refractivity contribution in [3.8, 4) is 5.75 Å². The number of fused-ring (bicyclic) bond motifs is 1. The number of hydrogen-bond donors (Lipinski definition) is 2. The highest BCUT2D eigenvalue weighted by Gasteiger charge is 2.37. The van der Waals surface area contributed by atoms with Crippen molar-refractivity contribution in [1.82, 2.24) is 10.2 Å². The first-order valence-electron chi connectivity index (χ1n) is 17.3. The average Bonchev–Trinajstić information content (AvgIpc) is 3.03. The summed E-state index contributed by atoms with van der Waals surface area (Å²) >= 11 is 6.58. The van der Waals surface area contributed by atoms with Crippen LogP contribution in [0.4, 0.5) is 15.3 Å². The molecular formula is C40H47ClN4O9. The summed E-state index contributed by atoms with van der Waals surface area (Å²) in [6, 6.07) is 17.4. The molecule has 3 aromatic rings. The van der Waals surface area contributed by atoms with Gasteiger partial charge in [0.1, 0.15) is 28.6 Å². The summed E-state index contributed by atoms with van der Waals surface area (Å²) < 4.78 is 21.7. The Kier molecular flexibility index (Phi) is 12.8. The van der Waals surface area contributed by atoms with E-state index in [2.05, 4.69) is 15.6 Å². The van der Waals surface area contributed by atoms with Gasteiger partial charge in [0.25, 0.3) is 0 Å². The van der Waals surface area contributed by atoms with Crippen LogP contribution in [0.15, 0.2) is 71.7 Å². The van der Waals surface area contributed by atoms with Crippen LogP contribution in [-0.4, -0.2) is 63.7 Å². The first-order valence-corrected chi connectivity index (χ1v) is 17.7. The SMILES string of the molecule is CC(C)(C)OC(=O)/N=C(/NC(=O)OC(C)(C)C)Nc1ccc(C(=O)Oc2ccc(CC(=O)N3Cc4ccccc4C[C@H]3C(=O)OC(C)(C)C)c(Cl)c2)cc1. The van der Waals surface area contributed by atoms with E-state index in [1.807, 2.05) is 24.3 Å². The molecule has 1 atom stereocenters. The minimum Gasteiger partial charge on any atom is -0.458 e. The van der Waals surface area contributed by atoms with E-state index in [1.165, 1.54) is 41.3 Å². The number of rotatable bonds is 6. The molecule has 0 aliphatic carbocycles. The fourth-order valence-corrected chi connectivity index (χ4v) is 5.46. The molecule has 288 valence electrons. The Morgan fingerprint density at radius 2 is 1.41 bits per heavy atom. The molecule has 2 N–H and O–H groups in total. The van der Waals surface area contributed by atoms with E-state index >= 15 is 0 Å². The fourth-order valence-electron chi connectivity index (χ4n) is 5.22. The second kappa shape index (κ2) is 16.7. The monoisotopic (exact) mass is 762 g/mol. The molecule has 0 saturated carbocycles. The number of amides is 3. The molecule has 13 nitrogen and oxygen atoms in total. The average molecular weight is 763 g/mol. The number of carbonyl (C=O) groups excluding carboxylic acids is 5. The molecule has 54 heavy (non-hydrogen) atoms. The van der Waals surface area contributed by atoms with E-state index in [0.29, 0.717) is 17.7 Å². The largest absolute Gasteiger partial charge is 0.458 e. The Morgan fingerprint density at radius 3 is 2.00 bits per heavy atom. The first kappa shape index (κ1) is 41.3. The van der Waals surface area contributed by atoms with Crippen molar-refractivity contribution in [2.24, 2.45) is 4.99 Å². The number of esters is 2. The summed E-state index contributed by atoms with van der Waals surface area (Å²) in [5.41, 5.74) is 0.624. The highest BCUT2D eigenvalue weighted by Crippen LogP contribution is 2.29. The molecule has 0 saturated heterocycles. The first-order chi connectivity index (χ1) is 25.0. The van der Waals surface area contributed by atoms with E-state index in [1.54, 1.807) is 68.4 Å². The summed E-state index contributed by atoms with van der Waals surface area (Å²) in [4.78, 5) is 70.1. The summed E-state index contributed by atoms with van der Waals surface area (Å²) in [5, 5.41) is 5.41. The van der Waals surface area contributed by atoms with Gasteiger partial charge in [-0.3, -0.25) is 10.1 Å². The van der Waals surface area contributed by atoms with Gasteiger partial charge < -0.3 is 29.2 Å². The maximum atomic E-state index is 13.7. The summed E-state index contributed by atoms with van der Waals surface area (Å²) in [7, 11) is 0. The van der Waals surface area contributed by atoms with Crippen LogP contribution in [0.1, 0.15) is 89.4 Å². The molecule has 0 fully saturated rings. The Balaban J connectivity index is 1.43. The van der Waals surface area contributed by atoms with Crippen molar-refractivity contribution < 1.29 is 42.9 Å². The maximum Gasteiger partial charge on any atom is 0.437 e. The smallest absolute Gasteiger partial charge is 0.437 e. The second-order valence-corrected chi connectivity index (χ2v) is 16.0. The van der Waals surface area contributed by atoms with Crippen LogP contribution in [0, 0.1) is 0 Å². The van der Waals surface area contributed by atoms with E-state index in [0.717, 1.165) is 11.1 Å². The van der Waals surface area contributed by atoms with Gasteiger partial charge in [-0.1, -0.05) is 41.9 Å². The van der Waals surface area contributed by atoms with Gasteiger partial charge in [0, 0.05) is 23.7 Å². The predicted molar refractivity (Wildman–Crippen MR) is 204 cm³/mol. The zero-order chi connectivity index (χ0) is 40.0. The summed E-state index contributed by atoms with van der Waals surface area (Å²) in [5.74, 6) is -1.58. The molecule has 3 amide bonds. The topological polar surface area (TPSA) is 162 Å². The molecule has 14 heteroatoms. The molecule has 3 aromatic carbocycles. The van der Waals surface area contributed by atoms with Gasteiger partial charge >= 0.3 is 24.1 Å². The molecule has 0 unspecified atom stereocenters. The number of aliphatic imine (C=N–C) groups is 1. The fraction of sp³-hybridized carbons (Fsp3) is 0.400. The van der Waals surface area contributed by atoms with Gasteiger partial charge in [-0.2, -0.15) is 0 Å². The highest BCUT2D eigenvalue weighted by molar-refractivity contribution is 6.31. The van der Waals surface area contributed by atoms with Crippen LogP contribution in [0.2, 0.25) is 5.02 Å². The minimum atomic E-state index is -0.947. The van der Waals surface area contributed by atoms with Crippen LogP contribution in [0.5, 0.6) is 5.75 Å². The highest BCUT2D eigenvalue weighted by atomic mass is 35.5. The number of carbonyl (C=O) groups is 5. The van der Waals surface area contributed by atoms with E-state index < -0.39 is 47.0 Å². The molecule has 0 spiro atoms. The lowest BCUT2D eigenvalue weighted by Crippen LogP contribution is -2.51. The number of hydrogen-bond acceptors (Lipinski definition) is 9. The standard InChI is InChI=1S/C40H47ClN4O9/c1-38(2,3)52-34(48)31-20-25-12-10-11-13-27(25)23-45(31)32(46)21-26-16-19-29(22-30(26)41)51-33(47)24-14-17-28(18-15-24)42-35(43-36(49)53-39(4,5)6)44-37(50)54-40(7,8)9/h10-19,22,31H,20-21,23H2,1-9H3,(H2,42,43,44,49,50)/t31-/m0/s1. The van der Waals surface area contributed by atoms with Gasteiger partial charge in [-0.25, -0.2) is 19.2 Å². The lowest BCUT2D eigenvalue weighted by Gasteiger charge is -2.37. The van der Waals surface area contributed by atoms with Crippen molar-refractivity contribution in [2.45, 2.75) is 105 Å². The van der Waals surface area contributed by atoms with Crippen molar-refractivity contribution in [3.63, 3.8) is 0 Å². The quantitative estimate of drug-likeness (QED) is 0.0840. The lowest BCUT2D eigenvalue weighted by atomic mass is 9.93. The van der Waals surface area contributed by atoms with Crippen molar-refractivity contribution in [3.05, 3.63) is 94.0 Å². The molecule has 0 aromatic heterocycles. The number of benzene rings is 3. The van der Waals surface area contributed by atoms with Gasteiger partial charge in [-0.05, 0) is 115 Å². The normalized spacial score (nSPS) is 14.7. The third-order valence-corrected chi connectivity index (χ3v) is 7.78. The number of nitrogens with zero attached hydrogens (tertiary/aromatic N) is 2. The second-order valence-electron chi connectivity index (χ2n) is 15.6. The number of alkyl carbamates (subject to hydrolysis) is 1. The Labute approximate surface area is 320 Å². The van der Waals surface area contributed by atoms with Crippen LogP contribution in [-0.2, 0) is 43.2 Å². The predicted octanol–water partition coefficient (Wildman–Crippen LogP) is 7.62. The van der Waals surface area contributed by atoms with Gasteiger partial charge in [0.05, 0.1) is 12.0 Å². The zero-order valence-electron chi connectivity index (χ0n) is 32.0. The molecule has 0 radical (unpaired) electrons. The number of anilines is 1. The van der Waals surface area contributed by atoms with Crippen LogP contribution < -0.4 is 15.4 Å². The van der Waals surface area contributed by atoms with Crippen molar-refractivity contribution in [1.29, 1.82) is 0 Å². The van der Waals surface area contributed by atoms with Crippen LogP contribution in [0.3, 0.4) is 0 Å². The number of ether oxygens (including phenoxy) is 4. The van der Waals surface area contributed by atoms with Crippen LogP contribution >= 0.6 is 11.6 Å². The van der Waals surface area contributed by atoms with Crippen molar-refractivity contribution >= 4 is 53.3 Å². The van der Waals surface area contributed by atoms with Gasteiger partial charge in [0.2, 0.25) is 11.9 Å². The maximum absolute atomic E-state index is 13.7. The molecule has 0 bridgehead atoms. The van der Waals surface area contributed by atoms with E-state index in [-0.39, 0.29) is 41.2 Å². The number of halogens is 1. The van der Waals surface area contributed by atoms with Gasteiger partial charge in [0.15, 0.2) is 0 Å². The molecule has 4 rings (SSSR count). The minimum absolute atomic E-state index is 0.0923. The number of guanidine groups is 1. The van der Waals surface area contributed by atoms with E-state index in [9.17, 15) is 24.0 Å². The van der Waals surface area contributed by atoms with E-state index in [4.69, 9.17) is 30.5 Å². The van der Waals surface area contributed by atoms with Crippen LogP contribution in [0.25, 0.3) is 0 Å². The molecule has 1 heterocycles. The van der Waals surface area contributed by atoms with Gasteiger partial charge in [-0.15, -0.1) is 4.99 Å². The Hall–Kier alpha value is -5.43. The third kappa shape index (κ3) is 12.6. The lowest BCUT2D eigenvalue weighted by molar-refractivity contribution is -0.165. The molecular weight excluding hydrogens is 716 g/mol. The summed E-state index contributed by atoms with van der Waals surface area (Å²) in [6.45, 7) is 15.7. The molecule has 1 aliphatic heterocycles. The summed E-state index contributed by atoms with van der Waals surface area (Å²) in [6.07, 6.45) is -1.56. The molecule has 1 aliphatic rings.